The molecule has 23 heavy (non-hydrogen) atoms. The second-order valence-corrected chi connectivity index (χ2v) is 5.86. The number of hydrogen-bond donors (Lipinski definition) is 1. The fourth-order valence-electron chi connectivity index (χ4n) is 2.85. The molecule has 0 radical (unpaired) electrons. The standard InChI is InChI=1S/C17H20N4O2/c1-17(18-2,15-9-19-6-7-20-15)11-21-10-12-4-5-13(23-3)8-14(12)16(21)22/h4-9,18H,10-11H2,1-3H3/t17-/m0/s1. The molecule has 0 bridgehead atoms. The Balaban J connectivity index is 1.85. The molecule has 0 unspecified atom stereocenters. The summed E-state index contributed by atoms with van der Waals surface area (Å²) in [6.07, 6.45) is 5.03. The summed E-state index contributed by atoms with van der Waals surface area (Å²) in [7, 11) is 3.47. The van der Waals surface area contributed by atoms with E-state index in [1.165, 1.54) is 0 Å². The van der Waals surface area contributed by atoms with Crippen molar-refractivity contribution in [3.8, 4) is 5.75 Å². The first kappa shape index (κ1) is 15.4. The molecule has 1 N–H and O–H groups in total. The number of methoxy groups -OCH3 is 1. The lowest BCUT2D eigenvalue weighted by Gasteiger charge is -2.32. The Morgan fingerprint density at radius 1 is 1.39 bits per heavy atom. The first-order chi connectivity index (χ1) is 11.1. The molecule has 6 heteroatoms. The Morgan fingerprint density at radius 2 is 2.22 bits per heavy atom. The van der Waals surface area contributed by atoms with Crippen LogP contribution in [0.25, 0.3) is 0 Å². The van der Waals surface area contributed by atoms with Gasteiger partial charge in [0.1, 0.15) is 5.75 Å². The molecule has 120 valence electrons. The van der Waals surface area contributed by atoms with Gasteiger partial charge in [0.25, 0.3) is 5.91 Å². The van der Waals surface area contributed by atoms with Gasteiger partial charge < -0.3 is 15.0 Å². The Hall–Kier alpha value is -2.47. The predicted molar refractivity (Wildman–Crippen MR) is 86.2 cm³/mol. The van der Waals surface area contributed by atoms with Crippen LogP contribution < -0.4 is 10.1 Å². The van der Waals surface area contributed by atoms with Crippen molar-refractivity contribution in [2.24, 2.45) is 0 Å². The number of amides is 1. The summed E-state index contributed by atoms with van der Waals surface area (Å²) in [5.74, 6) is 0.716. The van der Waals surface area contributed by atoms with Crippen molar-refractivity contribution >= 4 is 5.91 Å². The van der Waals surface area contributed by atoms with Crippen LogP contribution in [0.3, 0.4) is 0 Å². The molecule has 1 aromatic heterocycles. The van der Waals surface area contributed by atoms with Gasteiger partial charge in [0.15, 0.2) is 0 Å². The molecule has 2 aromatic rings. The molecule has 6 nitrogen and oxygen atoms in total. The summed E-state index contributed by atoms with van der Waals surface area (Å²) in [5, 5.41) is 3.27. The van der Waals surface area contributed by atoms with Crippen LogP contribution in [0.4, 0.5) is 0 Å². The molecule has 1 aromatic carbocycles. The van der Waals surface area contributed by atoms with Gasteiger partial charge in [0, 0.05) is 31.0 Å². The van der Waals surface area contributed by atoms with Crippen LogP contribution in [-0.4, -0.2) is 41.5 Å². The molecule has 0 fully saturated rings. The molecule has 0 saturated carbocycles. The van der Waals surface area contributed by atoms with Crippen molar-refractivity contribution in [2.45, 2.75) is 19.0 Å². The van der Waals surface area contributed by atoms with Crippen molar-refractivity contribution < 1.29 is 9.53 Å². The number of nitrogens with zero attached hydrogens (tertiary/aromatic N) is 3. The van der Waals surface area contributed by atoms with Gasteiger partial charge in [0.05, 0.1) is 24.5 Å². The van der Waals surface area contributed by atoms with E-state index in [-0.39, 0.29) is 5.91 Å². The maximum atomic E-state index is 12.7. The minimum atomic E-state index is -0.462. The van der Waals surface area contributed by atoms with Crippen LogP contribution in [0, 0.1) is 0 Å². The number of carbonyl (C=O) groups is 1. The summed E-state index contributed by atoms with van der Waals surface area (Å²) in [4.78, 5) is 23.0. The van der Waals surface area contributed by atoms with Gasteiger partial charge in [0.2, 0.25) is 0 Å². The molecule has 1 amide bonds. The average molecular weight is 312 g/mol. The van der Waals surface area contributed by atoms with Gasteiger partial charge in [-0.25, -0.2) is 0 Å². The summed E-state index contributed by atoms with van der Waals surface area (Å²) in [6.45, 7) is 3.13. The minimum absolute atomic E-state index is 0.0178. The zero-order chi connectivity index (χ0) is 16.4. The highest BCUT2D eigenvalue weighted by Crippen LogP contribution is 2.29. The molecule has 0 saturated heterocycles. The summed E-state index contributed by atoms with van der Waals surface area (Å²) >= 11 is 0. The lowest BCUT2D eigenvalue weighted by Crippen LogP contribution is -2.48. The van der Waals surface area contributed by atoms with E-state index in [4.69, 9.17) is 4.74 Å². The van der Waals surface area contributed by atoms with Crippen molar-refractivity contribution in [3.05, 3.63) is 53.6 Å². The first-order valence-electron chi connectivity index (χ1n) is 7.49. The highest BCUT2D eigenvalue weighted by atomic mass is 16.5. The largest absolute Gasteiger partial charge is 0.497 e. The lowest BCUT2D eigenvalue weighted by atomic mass is 9.97. The van der Waals surface area contributed by atoms with E-state index in [2.05, 4.69) is 15.3 Å². The Labute approximate surface area is 135 Å². The lowest BCUT2D eigenvalue weighted by molar-refractivity contribution is 0.0726. The molecular formula is C17H20N4O2. The number of rotatable bonds is 5. The number of benzene rings is 1. The Bertz CT molecular complexity index is 720. The Kier molecular flexibility index (Phi) is 4.00. The number of ether oxygens (including phenoxy) is 1. The van der Waals surface area contributed by atoms with E-state index in [9.17, 15) is 4.79 Å². The van der Waals surface area contributed by atoms with Crippen LogP contribution in [-0.2, 0) is 12.1 Å². The number of fused-ring (bicyclic) bond motifs is 1. The minimum Gasteiger partial charge on any atom is -0.497 e. The zero-order valence-corrected chi connectivity index (χ0v) is 13.5. The highest BCUT2D eigenvalue weighted by molar-refractivity contribution is 5.98. The van der Waals surface area contributed by atoms with E-state index in [1.54, 1.807) is 31.8 Å². The van der Waals surface area contributed by atoms with Gasteiger partial charge in [-0.2, -0.15) is 0 Å². The highest BCUT2D eigenvalue weighted by Gasteiger charge is 2.35. The maximum Gasteiger partial charge on any atom is 0.254 e. The molecule has 1 aliphatic heterocycles. The van der Waals surface area contributed by atoms with Gasteiger partial charge in [-0.1, -0.05) is 6.07 Å². The zero-order valence-electron chi connectivity index (χ0n) is 13.5. The normalized spacial score (nSPS) is 16.1. The molecule has 1 aliphatic rings. The van der Waals surface area contributed by atoms with Crippen molar-refractivity contribution in [1.29, 1.82) is 0 Å². The topological polar surface area (TPSA) is 67.3 Å². The van der Waals surface area contributed by atoms with Crippen LogP contribution in [0.1, 0.15) is 28.5 Å². The van der Waals surface area contributed by atoms with E-state index >= 15 is 0 Å². The summed E-state index contributed by atoms with van der Waals surface area (Å²) in [6, 6.07) is 5.64. The van der Waals surface area contributed by atoms with Crippen LogP contribution in [0.2, 0.25) is 0 Å². The number of likely N-dealkylation sites (N-methyl/N-ethyl adjacent to an activating group) is 1. The van der Waals surface area contributed by atoms with Gasteiger partial charge in [-0.15, -0.1) is 0 Å². The number of nitrogens with one attached hydrogen (secondary N) is 1. The van der Waals surface area contributed by atoms with Crippen LogP contribution >= 0.6 is 0 Å². The number of aromatic nitrogens is 2. The second-order valence-electron chi connectivity index (χ2n) is 5.86. The van der Waals surface area contributed by atoms with Crippen molar-refractivity contribution in [2.75, 3.05) is 20.7 Å². The third-order valence-electron chi connectivity index (χ3n) is 4.38. The molecule has 0 aliphatic carbocycles. The average Bonchev–Trinajstić information content (AvgIpc) is 2.90. The quantitative estimate of drug-likeness (QED) is 0.908. The van der Waals surface area contributed by atoms with Crippen molar-refractivity contribution in [1.82, 2.24) is 20.2 Å². The van der Waals surface area contributed by atoms with Crippen LogP contribution in [0.15, 0.2) is 36.8 Å². The van der Waals surface area contributed by atoms with Gasteiger partial charge >= 0.3 is 0 Å². The summed E-state index contributed by atoms with van der Waals surface area (Å²) in [5.41, 5.74) is 2.08. The fraction of sp³-hybridized carbons (Fsp3) is 0.353. The first-order valence-corrected chi connectivity index (χ1v) is 7.49. The van der Waals surface area contributed by atoms with E-state index in [1.807, 2.05) is 31.0 Å². The third-order valence-corrected chi connectivity index (χ3v) is 4.38. The van der Waals surface area contributed by atoms with E-state index < -0.39 is 5.54 Å². The molecule has 1 atom stereocenters. The smallest absolute Gasteiger partial charge is 0.254 e. The summed E-state index contributed by atoms with van der Waals surface area (Å²) < 4.78 is 5.21. The molecule has 2 heterocycles. The molecular weight excluding hydrogens is 292 g/mol. The number of carbonyl (C=O) groups excluding carboxylic acids is 1. The fourth-order valence-corrected chi connectivity index (χ4v) is 2.85. The van der Waals surface area contributed by atoms with E-state index in [0.717, 1.165) is 11.3 Å². The molecule has 3 rings (SSSR count). The SMILES string of the molecule is CN[C@@](C)(CN1Cc2ccc(OC)cc2C1=O)c1cnccn1. The molecule has 0 spiro atoms. The van der Waals surface area contributed by atoms with Gasteiger partial charge in [-0.3, -0.25) is 14.8 Å². The second kappa shape index (κ2) is 5.96. The monoisotopic (exact) mass is 312 g/mol. The van der Waals surface area contributed by atoms with Crippen LogP contribution in [0.5, 0.6) is 5.75 Å². The van der Waals surface area contributed by atoms with Gasteiger partial charge in [-0.05, 0) is 31.7 Å². The third kappa shape index (κ3) is 2.77. The van der Waals surface area contributed by atoms with Crippen molar-refractivity contribution in [3.63, 3.8) is 0 Å². The van der Waals surface area contributed by atoms with E-state index in [0.29, 0.717) is 24.4 Å². The maximum absolute atomic E-state index is 12.7. The predicted octanol–water partition coefficient (Wildman–Crippen LogP) is 1.58. The Morgan fingerprint density at radius 3 is 2.87 bits per heavy atom. The number of hydrogen-bond acceptors (Lipinski definition) is 5.